The van der Waals surface area contributed by atoms with Gasteiger partial charge in [0.15, 0.2) is 6.61 Å². The Bertz CT molecular complexity index is 1290. The average molecular weight is 514 g/mol. The molecule has 0 aliphatic rings. The highest BCUT2D eigenvalue weighted by Crippen LogP contribution is 2.23. The number of amides is 2. The number of aromatic nitrogens is 1. The van der Waals surface area contributed by atoms with Crippen LogP contribution in [0.1, 0.15) is 16.8 Å². The van der Waals surface area contributed by atoms with Crippen molar-refractivity contribution in [3.05, 3.63) is 131 Å². The fraction of sp³-hybridized carbons (Fsp3) is 0.167. The largest absolute Gasteiger partial charge is 0.482 e. The van der Waals surface area contributed by atoms with Gasteiger partial charge in [0.1, 0.15) is 11.8 Å². The normalized spacial score (nSPS) is 11.4. The number of rotatable bonds is 11. The van der Waals surface area contributed by atoms with Gasteiger partial charge in [-0.1, -0.05) is 90.5 Å². The second kappa shape index (κ2) is 13.2. The van der Waals surface area contributed by atoms with Gasteiger partial charge in [-0.2, -0.15) is 0 Å². The summed E-state index contributed by atoms with van der Waals surface area (Å²) in [5.41, 5.74) is 2.58. The van der Waals surface area contributed by atoms with Crippen LogP contribution in [0.3, 0.4) is 0 Å². The Kier molecular flexibility index (Phi) is 9.27. The van der Waals surface area contributed by atoms with E-state index >= 15 is 0 Å². The molecule has 0 saturated carbocycles. The summed E-state index contributed by atoms with van der Waals surface area (Å²) < 4.78 is 5.76. The summed E-state index contributed by atoms with van der Waals surface area (Å²) in [7, 11) is 0. The number of carbonyl (C=O) groups excluding carboxylic acids is 2. The molecule has 1 N–H and O–H groups in total. The van der Waals surface area contributed by atoms with Gasteiger partial charge in [0.05, 0.1) is 17.3 Å². The molecule has 37 heavy (non-hydrogen) atoms. The van der Waals surface area contributed by atoms with E-state index in [0.717, 1.165) is 16.8 Å². The van der Waals surface area contributed by atoms with Crippen LogP contribution in [0.5, 0.6) is 5.75 Å². The van der Waals surface area contributed by atoms with Crippen molar-refractivity contribution < 1.29 is 14.3 Å². The highest BCUT2D eigenvalue weighted by Gasteiger charge is 2.30. The zero-order chi connectivity index (χ0) is 25.9. The molecule has 3 aromatic carbocycles. The van der Waals surface area contributed by atoms with Crippen molar-refractivity contribution >= 4 is 23.4 Å². The molecule has 0 radical (unpaired) electrons. The second-order valence-corrected chi connectivity index (χ2v) is 8.88. The smallest absolute Gasteiger partial charge is 0.261 e. The third kappa shape index (κ3) is 7.66. The van der Waals surface area contributed by atoms with Crippen molar-refractivity contribution in [3.63, 3.8) is 0 Å². The SMILES string of the molecule is O=C(NCc1ccccn1)[C@@H](Cc1ccccc1)N(Cc1ccccc1)C(=O)COc1ccccc1Cl. The summed E-state index contributed by atoms with van der Waals surface area (Å²) in [5.74, 6) is -0.175. The average Bonchev–Trinajstić information content (AvgIpc) is 2.94. The number of nitrogens with one attached hydrogen (secondary N) is 1. The molecule has 6 nitrogen and oxygen atoms in total. The topological polar surface area (TPSA) is 71.5 Å². The number of halogens is 1. The lowest BCUT2D eigenvalue weighted by Crippen LogP contribution is -2.51. The first-order valence-corrected chi connectivity index (χ1v) is 12.4. The molecule has 4 aromatic rings. The zero-order valence-corrected chi connectivity index (χ0v) is 21.1. The molecule has 0 aliphatic heterocycles. The minimum absolute atomic E-state index is 0.250. The molecule has 1 aromatic heterocycles. The number of para-hydroxylation sites is 1. The van der Waals surface area contributed by atoms with Crippen LogP contribution in [0.25, 0.3) is 0 Å². The molecule has 0 spiro atoms. The lowest BCUT2D eigenvalue weighted by molar-refractivity contribution is -0.142. The van der Waals surface area contributed by atoms with Crippen LogP contribution >= 0.6 is 11.6 Å². The van der Waals surface area contributed by atoms with Gasteiger partial charge in [0, 0.05) is 19.2 Å². The molecule has 0 aliphatic carbocycles. The molecule has 0 saturated heterocycles. The van der Waals surface area contributed by atoms with Gasteiger partial charge >= 0.3 is 0 Å². The maximum absolute atomic E-state index is 13.6. The Labute approximate surface area is 221 Å². The number of ether oxygens (including phenoxy) is 1. The number of carbonyl (C=O) groups is 2. The lowest BCUT2D eigenvalue weighted by Gasteiger charge is -2.31. The fourth-order valence-corrected chi connectivity index (χ4v) is 4.11. The van der Waals surface area contributed by atoms with E-state index in [9.17, 15) is 9.59 Å². The van der Waals surface area contributed by atoms with Crippen LogP contribution in [0, 0.1) is 0 Å². The first-order chi connectivity index (χ1) is 18.1. The number of pyridine rings is 1. The molecule has 2 amide bonds. The maximum Gasteiger partial charge on any atom is 0.261 e. The number of benzene rings is 3. The number of nitrogens with zero attached hydrogens (tertiary/aromatic N) is 2. The van der Waals surface area contributed by atoms with E-state index in [-0.39, 0.29) is 31.5 Å². The van der Waals surface area contributed by atoms with Gasteiger partial charge < -0.3 is 15.0 Å². The predicted octanol–water partition coefficient (Wildman–Crippen LogP) is 5.07. The lowest BCUT2D eigenvalue weighted by atomic mass is 10.0. The van der Waals surface area contributed by atoms with Crippen LogP contribution in [-0.2, 0) is 29.1 Å². The van der Waals surface area contributed by atoms with Crippen LogP contribution in [0.4, 0.5) is 0 Å². The van der Waals surface area contributed by atoms with Gasteiger partial charge in [-0.05, 0) is 35.4 Å². The third-order valence-corrected chi connectivity index (χ3v) is 6.14. The maximum atomic E-state index is 13.6. The van der Waals surface area contributed by atoms with E-state index in [2.05, 4.69) is 10.3 Å². The van der Waals surface area contributed by atoms with Crippen molar-refractivity contribution in [3.8, 4) is 5.75 Å². The van der Waals surface area contributed by atoms with E-state index in [0.29, 0.717) is 17.2 Å². The fourth-order valence-electron chi connectivity index (χ4n) is 3.92. The Morgan fingerprint density at radius 2 is 1.49 bits per heavy atom. The zero-order valence-electron chi connectivity index (χ0n) is 20.3. The van der Waals surface area contributed by atoms with Gasteiger partial charge in [-0.15, -0.1) is 0 Å². The first-order valence-electron chi connectivity index (χ1n) is 12.0. The quantitative estimate of drug-likeness (QED) is 0.304. The summed E-state index contributed by atoms with van der Waals surface area (Å²) in [4.78, 5) is 33.1. The standard InChI is InChI=1S/C30H28ClN3O3/c31-26-16-7-8-17-28(26)37-22-29(35)34(21-24-13-5-2-6-14-24)27(19-23-11-3-1-4-12-23)30(36)33-20-25-15-9-10-18-32-25/h1-18,27H,19-22H2,(H,33,36)/t27-/m1/s1. The summed E-state index contributed by atoms with van der Waals surface area (Å²) in [6.07, 6.45) is 2.03. The minimum atomic E-state index is -0.770. The van der Waals surface area contributed by atoms with E-state index < -0.39 is 6.04 Å². The van der Waals surface area contributed by atoms with Crippen molar-refractivity contribution in [2.45, 2.75) is 25.6 Å². The molecule has 1 atom stereocenters. The summed E-state index contributed by atoms with van der Waals surface area (Å²) >= 11 is 6.22. The van der Waals surface area contributed by atoms with Crippen LogP contribution in [-0.4, -0.2) is 34.3 Å². The van der Waals surface area contributed by atoms with Gasteiger partial charge in [0.2, 0.25) is 5.91 Å². The third-order valence-electron chi connectivity index (χ3n) is 5.82. The van der Waals surface area contributed by atoms with Crippen molar-refractivity contribution in [2.24, 2.45) is 0 Å². The predicted molar refractivity (Wildman–Crippen MR) is 144 cm³/mol. The molecule has 7 heteroatoms. The Hall–Kier alpha value is -4.16. The molecule has 0 bridgehead atoms. The molecule has 1 heterocycles. The highest BCUT2D eigenvalue weighted by molar-refractivity contribution is 6.32. The molecule has 188 valence electrons. The van der Waals surface area contributed by atoms with Gasteiger partial charge in [0.25, 0.3) is 5.91 Å². The monoisotopic (exact) mass is 513 g/mol. The summed E-state index contributed by atoms with van der Waals surface area (Å²) in [6.45, 7) is 0.254. The van der Waals surface area contributed by atoms with E-state index in [1.54, 1.807) is 35.4 Å². The van der Waals surface area contributed by atoms with Gasteiger partial charge in [-0.3, -0.25) is 14.6 Å². The molecular weight excluding hydrogens is 486 g/mol. The first kappa shape index (κ1) is 25.9. The van der Waals surface area contributed by atoms with Crippen LogP contribution in [0.15, 0.2) is 109 Å². The van der Waals surface area contributed by atoms with Crippen molar-refractivity contribution in [1.82, 2.24) is 15.2 Å². The van der Waals surface area contributed by atoms with Crippen molar-refractivity contribution in [1.29, 1.82) is 0 Å². The Balaban J connectivity index is 1.60. The van der Waals surface area contributed by atoms with E-state index in [1.165, 1.54) is 0 Å². The van der Waals surface area contributed by atoms with E-state index in [1.807, 2.05) is 78.9 Å². The summed E-state index contributed by atoms with van der Waals surface area (Å²) in [6, 6.07) is 31.0. The van der Waals surface area contributed by atoms with Crippen LogP contribution < -0.4 is 10.1 Å². The number of hydrogen-bond acceptors (Lipinski definition) is 4. The highest BCUT2D eigenvalue weighted by atomic mass is 35.5. The minimum Gasteiger partial charge on any atom is -0.482 e. The van der Waals surface area contributed by atoms with Gasteiger partial charge in [-0.25, -0.2) is 0 Å². The second-order valence-electron chi connectivity index (χ2n) is 8.47. The Morgan fingerprint density at radius 3 is 2.16 bits per heavy atom. The summed E-state index contributed by atoms with van der Waals surface area (Å²) in [5, 5.41) is 3.38. The molecule has 4 rings (SSSR count). The van der Waals surface area contributed by atoms with Crippen molar-refractivity contribution in [2.75, 3.05) is 6.61 Å². The van der Waals surface area contributed by atoms with Crippen LogP contribution in [0.2, 0.25) is 5.02 Å². The molecule has 0 unspecified atom stereocenters. The molecular formula is C30H28ClN3O3. The number of hydrogen-bond donors (Lipinski definition) is 1. The Morgan fingerprint density at radius 1 is 0.838 bits per heavy atom. The van der Waals surface area contributed by atoms with E-state index in [4.69, 9.17) is 16.3 Å². The molecule has 0 fully saturated rings.